The van der Waals surface area contributed by atoms with Gasteiger partial charge in [-0.05, 0) is 48.6 Å². The number of rotatable bonds is 6. The highest BCUT2D eigenvalue weighted by molar-refractivity contribution is 5.43. The van der Waals surface area contributed by atoms with Gasteiger partial charge >= 0.3 is 0 Å². The SMILES string of the molecule is CCCC(C)CCCc1ccc(C#Cc2cc(F)c(F)c(F)c2)cc1. The fraction of sp³-hybridized carbons (Fsp3) is 0.364. The van der Waals surface area contributed by atoms with Gasteiger partial charge in [0.05, 0.1) is 0 Å². The molecule has 3 heteroatoms. The van der Waals surface area contributed by atoms with Crippen LogP contribution in [0.25, 0.3) is 0 Å². The normalized spacial score (nSPS) is 11.7. The quantitative estimate of drug-likeness (QED) is 0.428. The summed E-state index contributed by atoms with van der Waals surface area (Å²) in [4.78, 5) is 0. The molecule has 1 atom stereocenters. The smallest absolute Gasteiger partial charge is 0.194 e. The number of benzene rings is 2. The third-order valence-electron chi connectivity index (χ3n) is 4.23. The van der Waals surface area contributed by atoms with E-state index in [2.05, 4.69) is 25.7 Å². The molecule has 0 spiro atoms. The Hall–Kier alpha value is -2.21. The topological polar surface area (TPSA) is 0 Å². The van der Waals surface area contributed by atoms with Gasteiger partial charge < -0.3 is 0 Å². The van der Waals surface area contributed by atoms with E-state index in [0.29, 0.717) is 0 Å². The van der Waals surface area contributed by atoms with Crippen LogP contribution in [0.1, 0.15) is 56.2 Å². The number of hydrogen-bond donors (Lipinski definition) is 0. The van der Waals surface area contributed by atoms with Crippen molar-refractivity contribution in [2.45, 2.75) is 46.0 Å². The molecule has 0 heterocycles. The molecule has 0 aliphatic heterocycles. The number of halogens is 3. The van der Waals surface area contributed by atoms with Crippen LogP contribution in [0.2, 0.25) is 0 Å². The molecule has 0 nitrogen and oxygen atoms in total. The van der Waals surface area contributed by atoms with Gasteiger partial charge in [0.2, 0.25) is 0 Å². The van der Waals surface area contributed by atoms with Crippen LogP contribution in [-0.4, -0.2) is 0 Å². The van der Waals surface area contributed by atoms with Gasteiger partial charge in [0, 0.05) is 11.1 Å². The van der Waals surface area contributed by atoms with Crippen LogP contribution in [0.4, 0.5) is 13.2 Å². The number of aryl methyl sites for hydroxylation is 1. The summed E-state index contributed by atoms with van der Waals surface area (Å²) in [5, 5.41) is 0. The minimum Gasteiger partial charge on any atom is -0.204 e. The Morgan fingerprint density at radius 3 is 2.08 bits per heavy atom. The molecule has 1 unspecified atom stereocenters. The first-order chi connectivity index (χ1) is 12.0. The van der Waals surface area contributed by atoms with Gasteiger partial charge in [0.1, 0.15) is 0 Å². The van der Waals surface area contributed by atoms with Crippen LogP contribution in [0, 0.1) is 35.2 Å². The Bertz CT molecular complexity index is 728. The Kier molecular flexibility index (Phi) is 7.13. The largest absolute Gasteiger partial charge is 0.204 e. The lowest BCUT2D eigenvalue weighted by molar-refractivity contribution is 0.446. The molecule has 2 rings (SSSR count). The van der Waals surface area contributed by atoms with E-state index in [1.807, 2.05) is 24.3 Å². The zero-order valence-electron chi connectivity index (χ0n) is 14.7. The van der Waals surface area contributed by atoms with E-state index in [-0.39, 0.29) is 5.56 Å². The van der Waals surface area contributed by atoms with Crippen LogP contribution in [0.3, 0.4) is 0 Å². The lowest BCUT2D eigenvalue weighted by Gasteiger charge is -2.09. The second-order valence-electron chi connectivity index (χ2n) is 6.49. The lowest BCUT2D eigenvalue weighted by Crippen LogP contribution is -1.95. The van der Waals surface area contributed by atoms with Crippen molar-refractivity contribution < 1.29 is 13.2 Å². The molecular weight excluding hydrogens is 321 g/mol. The van der Waals surface area contributed by atoms with Crippen LogP contribution in [0.5, 0.6) is 0 Å². The second kappa shape index (κ2) is 9.32. The maximum Gasteiger partial charge on any atom is 0.194 e. The van der Waals surface area contributed by atoms with E-state index in [0.717, 1.165) is 30.0 Å². The van der Waals surface area contributed by atoms with E-state index < -0.39 is 17.5 Å². The lowest BCUT2D eigenvalue weighted by atomic mass is 9.97. The highest BCUT2D eigenvalue weighted by atomic mass is 19.2. The van der Waals surface area contributed by atoms with Crippen molar-refractivity contribution in [3.05, 3.63) is 70.5 Å². The van der Waals surface area contributed by atoms with E-state index in [9.17, 15) is 13.2 Å². The molecule has 132 valence electrons. The van der Waals surface area contributed by atoms with Crippen LogP contribution in [0.15, 0.2) is 36.4 Å². The van der Waals surface area contributed by atoms with Gasteiger partial charge in [-0.1, -0.05) is 57.1 Å². The monoisotopic (exact) mass is 344 g/mol. The van der Waals surface area contributed by atoms with E-state index >= 15 is 0 Å². The summed E-state index contributed by atoms with van der Waals surface area (Å²) in [6.07, 6.45) is 5.95. The summed E-state index contributed by atoms with van der Waals surface area (Å²) in [6, 6.07) is 9.65. The van der Waals surface area contributed by atoms with Crippen LogP contribution < -0.4 is 0 Å². The molecule has 0 radical (unpaired) electrons. The molecule has 0 aromatic heterocycles. The highest BCUT2D eigenvalue weighted by Crippen LogP contribution is 2.16. The minimum atomic E-state index is -1.47. The van der Waals surface area contributed by atoms with Gasteiger partial charge in [0.25, 0.3) is 0 Å². The van der Waals surface area contributed by atoms with Gasteiger partial charge in [-0.3, -0.25) is 0 Å². The Morgan fingerprint density at radius 1 is 0.880 bits per heavy atom. The molecule has 0 saturated carbocycles. The molecule has 0 fully saturated rings. The van der Waals surface area contributed by atoms with Crippen molar-refractivity contribution in [2.75, 3.05) is 0 Å². The second-order valence-corrected chi connectivity index (χ2v) is 6.49. The zero-order chi connectivity index (χ0) is 18.2. The van der Waals surface area contributed by atoms with Gasteiger partial charge in [-0.25, -0.2) is 13.2 Å². The molecule has 2 aromatic rings. The van der Waals surface area contributed by atoms with Gasteiger partial charge in [-0.2, -0.15) is 0 Å². The molecule has 0 amide bonds. The Morgan fingerprint density at radius 2 is 1.48 bits per heavy atom. The fourth-order valence-corrected chi connectivity index (χ4v) is 2.82. The van der Waals surface area contributed by atoms with Crippen molar-refractivity contribution >= 4 is 0 Å². The predicted octanol–water partition coefficient (Wildman–Crippen LogP) is 6.26. The maximum atomic E-state index is 13.2. The van der Waals surface area contributed by atoms with Crippen LogP contribution >= 0.6 is 0 Å². The minimum absolute atomic E-state index is 0.116. The van der Waals surface area contributed by atoms with Crippen molar-refractivity contribution in [1.82, 2.24) is 0 Å². The Balaban J connectivity index is 1.95. The highest BCUT2D eigenvalue weighted by Gasteiger charge is 2.09. The van der Waals surface area contributed by atoms with Crippen molar-refractivity contribution in [3.8, 4) is 11.8 Å². The summed E-state index contributed by atoms with van der Waals surface area (Å²) in [5.41, 5.74) is 2.13. The summed E-state index contributed by atoms with van der Waals surface area (Å²) in [7, 11) is 0. The molecule has 0 bridgehead atoms. The van der Waals surface area contributed by atoms with E-state index in [1.165, 1.54) is 31.2 Å². The average molecular weight is 344 g/mol. The van der Waals surface area contributed by atoms with E-state index in [1.54, 1.807) is 0 Å². The molecule has 25 heavy (non-hydrogen) atoms. The fourth-order valence-electron chi connectivity index (χ4n) is 2.82. The Labute approximate surface area is 148 Å². The van der Waals surface area contributed by atoms with Gasteiger partial charge in [0.15, 0.2) is 17.5 Å². The van der Waals surface area contributed by atoms with Crippen molar-refractivity contribution in [3.63, 3.8) is 0 Å². The first-order valence-electron chi connectivity index (χ1n) is 8.75. The number of hydrogen-bond acceptors (Lipinski definition) is 0. The average Bonchev–Trinajstić information content (AvgIpc) is 2.59. The maximum absolute atomic E-state index is 13.2. The predicted molar refractivity (Wildman–Crippen MR) is 95.7 cm³/mol. The summed E-state index contributed by atoms with van der Waals surface area (Å²) in [6.45, 7) is 4.51. The third kappa shape index (κ3) is 5.98. The summed E-state index contributed by atoms with van der Waals surface area (Å²) < 4.78 is 39.2. The first-order valence-corrected chi connectivity index (χ1v) is 8.75. The molecular formula is C22H23F3. The molecule has 0 saturated heterocycles. The van der Waals surface area contributed by atoms with E-state index in [4.69, 9.17) is 0 Å². The van der Waals surface area contributed by atoms with Crippen LogP contribution in [-0.2, 0) is 6.42 Å². The van der Waals surface area contributed by atoms with Crippen molar-refractivity contribution in [2.24, 2.45) is 5.92 Å². The van der Waals surface area contributed by atoms with Crippen molar-refractivity contribution in [1.29, 1.82) is 0 Å². The molecule has 0 N–H and O–H groups in total. The third-order valence-corrected chi connectivity index (χ3v) is 4.23. The molecule has 0 aliphatic carbocycles. The summed E-state index contributed by atoms with van der Waals surface area (Å²) >= 11 is 0. The zero-order valence-corrected chi connectivity index (χ0v) is 14.7. The van der Waals surface area contributed by atoms with Gasteiger partial charge in [-0.15, -0.1) is 0 Å². The molecule has 2 aromatic carbocycles. The summed E-state index contributed by atoms with van der Waals surface area (Å²) in [5.74, 6) is 2.36. The standard InChI is InChI=1S/C22H23F3/c1-3-5-16(2)6-4-7-17-8-10-18(11-9-17)12-13-19-14-20(23)22(25)21(24)15-19/h8-11,14-16H,3-7H2,1-2H3. The first kappa shape index (κ1) is 19.1. The molecule has 0 aliphatic rings.